The van der Waals surface area contributed by atoms with Gasteiger partial charge in [0.05, 0.1) is 5.02 Å². The molecule has 3 nitrogen and oxygen atoms in total. The molecule has 0 aliphatic rings. The Morgan fingerprint density at radius 2 is 1.95 bits per heavy atom. The van der Waals surface area contributed by atoms with Crippen molar-refractivity contribution in [1.82, 2.24) is 10.5 Å². The number of nitrogens with one attached hydrogen (secondary N) is 1. The topological polar surface area (TPSA) is 45.1 Å². The van der Waals surface area contributed by atoms with Crippen LogP contribution in [0.4, 0.5) is 0 Å². The number of halogens is 1. The molecule has 2 N–H and O–H groups in total. The number of pyridine rings is 1. The Morgan fingerprint density at radius 1 is 1.16 bits per heavy atom. The van der Waals surface area contributed by atoms with E-state index in [1.165, 1.54) is 5.56 Å². The van der Waals surface area contributed by atoms with Crippen molar-refractivity contribution in [3.63, 3.8) is 0 Å². The third-order valence-corrected chi connectivity index (χ3v) is 3.27. The van der Waals surface area contributed by atoms with Crippen molar-refractivity contribution >= 4 is 11.6 Å². The summed E-state index contributed by atoms with van der Waals surface area (Å²) in [5.41, 5.74) is 4.55. The first kappa shape index (κ1) is 14.0. The zero-order valence-electron chi connectivity index (χ0n) is 10.6. The molecule has 0 aliphatic heterocycles. The van der Waals surface area contributed by atoms with Crippen molar-refractivity contribution in [2.24, 2.45) is 0 Å². The van der Waals surface area contributed by atoms with Crippen molar-refractivity contribution < 1.29 is 5.21 Å². The second-order valence-electron chi connectivity index (χ2n) is 4.52. The van der Waals surface area contributed by atoms with Crippen LogP contribution < -0.4 is 5.48 Å². The summed E-state index contributed by atoms with van der Waals surface area (Å²) in [6.45, 7) is 0. The Labute approximate surface area is 118 Å². The first-order valence-electron chi connectivity index (χ1n) is 6.32. The van der Waals surface area contributed by atoms with Crippen LogP contribution in [-0.4, -0.2) is 16.2 Å². The molecule has 0 saturated carbocycles. The highest BCUT2D eigenvalue weighted by Crippen LogP contribution is 2.11. The molecule has 1 aromatic heterocycles. The van der Waals surface area contributed by atoms with Crippen molar-refractivity contribution in [2.45, 2.75) is 25.3 Å². The summed E-state index contributed by atoms with van der Waals surface area (Å²) in [5, 5.41) is 9.84. The Morgan fingerprint density at radius 3 is 2.58 bits per heavy atom. The zero-order chi connectivity index (χ0) is 13.5. The lowest BCUT2D eigenvalue weighted by Gasteiger charge is -2.14. The Balaban J connectivity index is 1.88. The van der Waals surface area contributed by atoms with Crippen LogP contribution in [0.5, 0.6) is 0 Å². The van der Waals surface area contributed by atoms with E-state index in [9.17, 15) is 5.21 Å². The van der Waals surface area contributed by atoms with E-state index in [-0.39, 0.29) is 6.04 Å². The van der Waals surface area contributed by atoms with Crippen LogP contribution in [0.3, 0.4) is 0 Å². The number of hydroxylamine groups is 1. The summed E-state index contributed by atoms with van der Waals surface area (Å²) in [7, 11) is 0. The van der Waals surface area contributed by atoms with E-state index in [0.29, 0.717) is 11.4 Å². The number of rotatable bonds is 6. The third kappa shape index (κ3) is 4.63. The molecule has 2 rings (SSSR count). The number of benzene rings is 1. The van der Waals surface area contributed by atoms with Gasteiger partial charge in [-0.1, -0.05) is 41.9 Å². The molecule has 100 valence electrons. The fraction of sp³-hybridized carbons (Fsp3) is 0.267. The monoisotopic (exact) mass is 276 g/mol. The van der Waals surface area contributed by atoms with Gasteiger partial charge in [0, 0.05) is 24.4 Å². The molecule has 4 heteroatoms. The lowest BCUT2D eigenvalue weighted by molar-refractivity contribution is 0.121. The van der Waals surface area contributed by atoms with Crippen LogP contribution in [0.1, 0.15) is 17.7 Å². The van der Waals surface area contributed by atoms with Gasteiger partial charge in [0.1, 0.15) is 0 Å². The predicted octanol–water partition coefficient (Wildman–Crippen LogP) is 3.26. The van der Waals surface area contributed by atoms with Gasteiger partial charge in [0.2, 0.25) is 0 Å². The average molecular weight is 277 g/mol. The van der Waals surface area contributed by atoms with Crippen LogP contribution in [0.25, 0.3) is 0 Å². The molecule has 1 unspecified atom stereocenters. The second kappa shape index (κ2) is 7.24. The van der Waals surface area contributed by atoms with Crippen LogP contribution in [0.15, 0.2) is 48.7 Å². The van der Waals surface area contributed by atoms with Gasteiger partial charge in [-0.15, -0.1) is 0 Å². The molecule has 1 heterocycles. The van der Waals surface area contributed by atoms with Gasteiger partial charge in [0.15, 0.2) is 0 Å². The smallest absolute Gasteiger partial charge is 0.0589 e. The second-order valence-corrected chi connectivity index (χ2v) is 4.96. The first-order valence-corrected chi connectivity index (χ1v) is 6.69. The normalized spacial score (nSPS) is 12.3. The molecule has 0 bridgehead atoms. The average Bonchev–Trinajstić information content (AvgIpc) is 2.46. The first-order chi connectivity index (χ1) is 9.28. The molecule has 0 fully saturated rings. The maximum absolute atomic E-state index is 9.22. The van der Waals surface area contributed by atoms with Crippen molar-refractivity contribution in [3.05, 3.63) is 64.9 Å². The quantitative estimate of drug-likeness (QED) is 0.796. The number of aryl methyl sites for hydroxylation is 1. The van der Waals surface area contributed by atoms with E-state index in [4.69, 9.17) is 11.6 Å². The fourth-order valence-corrected chi connectivity index (χ4v) is 2.09. The van der Waals surface area contributed by atoms with Crippen LogP contribution in [0.2, 0.25) is 5.02 Å². The predicted molar refractivity (Wildman–Crippen MR) is 76.4 cm³/mol. The minimum Gasteiger partial charge on any atom is -0.317 e. The molecule has 0 saturated heterocycles. The van der Waals surface area contributed by atoms with E-state index in [1.807, 2.05) is 30.3 Å². The molecule has 1 aromatic carbocycles. The highest BCUT2D eigenvalue weighted by molar-refractivity contribution is 6.30. The standard InChI is InChI=1S/C15H17ClN2O/c16-13-7-9-14(17-11-13)10-15(18-19)8-6-12-4-2-1-3-5-12/h1-5,7,9,11,15,18-19H,6,8,10H2. The number of nitrogens with zero attached hydrogens (tertiary/aromatic N) is 1. The van der Waals surface area contributed by atoms with Crippen molar-refractivity contribution in [3.8, 4) is 0 Å². The maximum atomic E-state index is 9.22. The molecular formula is C15H17ClN2O. The van der Waals surface area contributed by atoms with E-state index < -0.39 is 0 Å². The molecule has 1 atom stereocenters. The van der Waals surface area contributed by atoms with E-state index in [0.717, 1.165) is 18.5 Å². The Hall–Kier alpha value is -1.42. The zero-order valence-corrected chi connectivity index (χ0v) is 11.3. The summed E-state index contributed by atoms with van der Waals surface area (Å²) in [6.07, 6.45) is 4.08. The van der Waals surface area contributed by atoms with Crippen molar-refractivity contribution in [2.75, 3.05) is 0 Å². The van der Waals surface area contributed by atoms with Crippen LogP contribution >= 0.6 is 11.6 Å². The van der Waals surface area contributed by atoms with Gasteiger partial charge in [-0.25, -0.2) is 5.48 Å². The summed E-state index contributed by atoms with van der Waals surface area (Å²) < 4.78 is 0. The molecule has 0 spiro atoms. The highest BCUT2D eigenvalue weighted by Gasteiger charge is 2.09. The molecule has 2 aromatic rings. The minimum absolute atomic E-state index is 0.00567. The molecule has 0 amide bonds. The SMILES string of the molecule is ONC(CCc1ccccc1)Cc1ccc(Cl)cn1. The Bertz CT molecular complexity index is 487. The molecule has 19 heavy (non-hydrogen) atoms. The van der Waals surface area contributed by atoms with Gasteiger partial charge in [-0.3, -0.25) is 4.98 Å². The van der Waals surface area contributed by atoms with E-state index in [2.05, 4.69) is 22.6 Å². The summed E-state index contributed by atoms with van der Waals surface area (Å²) >= 11 is 5.80. The summed E-state index contributed by atoms with van der Waals surface area (Å²) in [5.74, 6) is 0. The maximum Gasteiger partial charge on any atom is 0.0589 e. The third-order valence-electron chi connectivity index (χ3n) is 3.05. The molecular weight excluding hydrogens is 260 g/mol. The lowest BCUT2D eigenvalue weighted by atomic mass is 10.0. The van der Waals surface area contributed by atoms with Gasteiger partial charge >= 0.3 is 0 Å². The van der Waals surface area contributed by atoms with Crippen LogP contribution in [0, 0.1) is 0 Å². The highest BCUT2D eigenvalue weighted by atomic mass is 35.5. The lowest BCUT2D eigenvalue weighted by Crippen LogP contribution is -2.29. The number of hydrogen-bond donors (Lipinski definition) is 2. The van der Waals surface area contributed by atoms with Crippen molar-refractivity contribution in [1.29, 1.82) is 0 Å². The van der Waals surface area contributed by atoms with E-state index in [1.54, 1.807) is 6.20 Å². The Kier molecular flexibility index (Phi) is 5.33. The number of aromatic nitrogens is 1. The molecule has 0 aliphatic carbocycles. The number of hydrogen-bond acceptors (Lipinski definition) is 3. The largest absolute Gasteiger partial charge is 0.317 e. The van der Waals surface area contributed by atoms with Crippen LogP contribution in [-0.2, 0) is 12.8 Å². The molecule has 0 radical (unpaired) electrons. The van der Waals surface area contributed by atoms with Gasteiger partial charge in [-0.2, -0.15) is 0 Å². The summed E-state index contributed by atoms with van der Waals surface area (Å²) in [6, 6.07) is 13.9. The fourth-order valence-electron chi connectivity index (χ4n) is 1.98. The summed E-state index contributed by atoms with van der Waals surface area (Å²) in [4.78, 5) is 4.24. The minimum atomic E-state index is -0.00567. The van der Waals surface area contributed by atoms with Gasteiger partial charge in [0.25, 0.3) is 0 Å². The van der Waals surface area contributed by atoms with E-state index >= 15 is 0 Å². The van der Waals surface area contributed by atoms with Gasteiger partial charge in [-0.05, 0) is 30.5 Å². The van der Waals surface area contributed by atoms with Gasteiger partial charge < -0.3 is 5.21 Å².